The summed E-state index contributed by atoms with van der Waals surface area (Å²) in [6.45, 7) is 0.112. The summed E-state index contributed by atoms with van der Waals surface area (Å²) in [6.07, 6.45) is 0.206. The summed E-state index contributed by atoms with van der Waals surface area (Å²) in [4.78, 5) is 24.6. The smallest absolute Gasteiger partial charge is 0.239 e. The number of carbonyl (C=O) groups is 2. The molecule has 0 aliphatic carbocycles. The highest BCUT2D eigenvalue weighted by Crippen LogP contribution is 2.34. The van der Waals surface area contributed by atoms with Gasteiger partial charge in [-0.3, -0.25) is 9.59 Å². The zero-order valence-electron chi connectivity index (χ0n) is 17.9. The van der Waals surface area contributed by atoms with E-state index in [1.165, 1.54) is 7.11 Å². The molecular weight excluding hydrogens is 396 g/mol. The van der Waals surface area contributed by atoms with E-state index in [1.807, 2.05) is 42.5 Å². The summed E-state index contributed by atoms with van der Waals surface area (Å²) in [5.74, 6) is 1.13. The molecule has 0 saturated carbocycles. The van der Waals surface area contributed by atoms with Crippen molar-refractivity contribution in [2.24, 2.45) is 0 Å². The molecule has 31 heavy (non-hydrogen) atoms. The molecule has 0 bridgehead atoms. The third kappa shape index (κ3) is 5.45. The average molecular weight is 422 g/mol. The Morgan fingerprint density at radius 1 is 0.742 bits per heavy atom. The van der Waals surface area contributed by atoms with Crippen LogP contribution in [0.3, 0.4) is 0 Å². The van der Waals surface area contributed by atoms with Crippen molar-refractivity contribution < 1.29 is 23.8 Å². The highest BCUT2D eigenvalue weighted by Gasteiger charge is 2.13. The Kier molecular flexibility index (Phi) is 7.32. The second-order valence-corrected chi connectivity index (χ2v) is 6.89. The van der Waals surface area contributed by atoms with Gasteiger partial charge in [-0.15, -0.1) is 0 Å². The van der Waals surface area contributed by atoms with Gasteiger partial charge in [0.25, 0.3) is 0 Å². The first-order valence-electron chi connectivity index (χ1n) is 9.84. The number of rotatable bonds is 9. The summed E-state index contributed by atoms with van der Waals surface area (Å²) in [5, 5.41) is 7.57. The average Bonchev–Trinajstić information content (AvgIpc) is 2.81. The van der Waals surface area contributed by atoms with Crippen LogP contribution in [-0.2, 0) is 22.6 Å². The standard InChI is InChI=1S/C24H26N2O5/c1-29-20-13-22(31-3)21(30-2)11-18(20)14-25-24(28)15-26-23(27)12-17-9-6-8-16-7-4-5-10-19(16)17/h4-11,13H,12,14-15H2,1-3H3,(H,25,28)(H,26,27). The van der Waals surface area contributed by atoms with Crippen LogP contribution in [-0.4, -0.2) is 39.7 Å². The Balaban J connectivity index is 1.55. The van der Waals surface area contributed by atoms with E-state index in [9.17, 15) is 9.59 Å². The van der Waals surface area contributed by atoms with Gasteiger partial charge in [0.15, 0.2) is 11.5 Å². The van der Waals surface area contributed by atoms with Gasteiger partial charge in [-0.2, -0.15) is 0 Å². The van der Waals surface area contributed by atoms with Gasteiger partial charge in [0.05, 0.1) is 34.3 Å². The lowest BCUT2D eigenvalue weighted by Gasteiger charge is -2.14. The number of hydrogen-bond donors (Lipinski definition) is 2. The maximum atomic E-state index is 12.3. The highest BCUT2D eigenvalue weighted by molar-refractivity contribution is 5.91. The van der Waals surface area contributed by atoms with Gasteiger partial charge in [-0.25, -0.2) is 0 Å². The van der Waals surface area contributed by atoms with Crippen molar-refractivity contribution in [1.82, 2.24) is 10.6 Å². The van der Waals surface area contributed by atoms with Crippen molar-refractivity contribution >= 4 is 22.6 Å². The molecule has 7 heteroatoms. The van der Waals surface area contributed by atoms with Crippen molar-refractivity contribution in [3.63, 3.8) is 0 Å². The van der Waals surface area contributed by atoms with E-state index in [0.717, 1.165) is 21.9 Å². The minimum Gasteiger partial charge on any atom is -0.496 e. The Hall–Kier alpha value is -3.74. The first-order chi connectivity index (χ1) is 15.0. The predicted octanol–water partition coefficient (Wildman–Crippen LogP) is 2.84. The van der Waals surface area contributed by atoms with Crippen LogP contribution >= 0.6 is 0 Å². The van der Waals surface area contributed by atoms with E-state index >= 15 is 0 Å². The van der Waals surface area contributed by atoms with Crippen molar-refractivity contribution in [1.29, 1.82) is 0 Å². The quantitative estimate of drug-likeness (QED) is 0.554. The molecule has 7 nitrogen and oxygen atoms in total. The number of fused-ring (bicyclic) bond motifs is 1. The normalized spacial score (nSPS) is 10.4. The zero-order valence-corrected chi connectivity index (χ0v) is 17.9. The van der Waals surface area contributed by atoms with Crippen molar-refractivity contribution in [3.05, 3.63) is 65.7 Å². The lowest BCUT2D eigenvalue weighted by molar-refractivity contribution is -0.125. The van der Waals surface area contributed by atoms with Crippen LogP contribution in [0.15, 0.2) is 54.6 Å². The Labute approximate surface area is 181 Å². The maximum absolute atomic E-state index is 12.3. The van der Waals surface area contributed by atoms with Crippen LogP contribution in [0.25, 0.3) is 10.8 Å². The fraction of sp³-hybridized carbons (Fsp3) is 0.250. The largest absolute Gasteiger partial charge is 0.496 e. The first-order valence-corrected chi connectivity index (χ1v) is 9.84. The second-order valence-electron chi connectivity index (χ2n) is 6.89. The molecule has 0 fully saturated rings. The Morgan fingerprint density at radius 3 is 2.16 bits per heavy atom. The van der Waals surface area contributed by atoms with E-state index in [1.54, 1.807) is 26.4 Å². The predicted molar refractivity (Wildman–Crippen MR) is 119 cm³/mol. The number of benzene rings is 3. The van der Waals surface area contributed by atoms with Gasteiger partial charge in [-0.1, -0.05) is 42.5 Å². The molecule has 0 aliphatic rings. The molecule has 3 aromatic carbocycles. The fourth-order valence-electron chi connectivity index (χ4n) is 3.35. The van der Waals surface area contributed by atoms with Gasteiger partial charge >= 0.3 is 0 Å². The third-order valence-corrected chi connectivity index (χ3v) is 4.94. The van der Waals surface area contributed by atoms with Crippen LogP contribution in [0, 0.1) is 0 Å². The topological polar surface area (TPSA) is 85.9 Å². The maximum Gasteiger partial charge on any atom is 0.239 e. The van der Waals surface area contributed by atoms with E-state index in [-0.39, 0.29) is 31.3 Å². The van der Waals surface area contributed by atoms with Crippen molar-refractivity contribution in [3.8, 4) is 17.2 Å². The molecule has 2 amide bonds. The fourth-order valence-corrected chi connectivity index (χ4v) is 3.35. The van der Waals surface area contributed by atoms with E-state index < -0.39 is 0 Å². The molecule has 2 N–H and O–H groups in total. The van der Waals surface area contributed by atoms with Crippen LogP contribution in [0.5, 0.6) is 17.2 Å². The number of amides is 2. The summed E-state index contributed by atoms with van der Waals surface area (Å²) >= 11 is 0. The molecule has 0 radical (unpaired) electrons. The number of methoxy groups -OCH3 is 3. The monoisotopic (exact) mass is 422 g/mol. The third-order valence-electron chi connectivity index (χ3n) is 4.94. The molecule has 0 aromatic heterocycles. The minimum atomic E-state index is -0.303. The Bertz CT molecular complexity index is 1080. The lowest BCUT2D eigenvalue weighted by Crippen LogP contribution is -2.37. The Morgan fingerprint density at radius 2 is 1.42 bits per heavy atom. The van der Waals surface area contributed by atoms with Crippen molar-refractivity contribution in [2.75, 3.05) is 27.9 Å². The molecule has 0 atom stereocenters. The lowest BCUT2D eigenvalue weighted by atomic mass is 10.0. The van der Waals surface area contributed by atoms with E-state index in [2.05, 4.69) is 10.6 Å². The zero-order chi connectivity index (χ0) is 22.2. The van der Waals surface area contributed by atoms with Crippen molar-refractivity contribution in [2.45, 2.75) is 13.0 Å². The van der Waals surface area contributed by atoms with Gasteiger partial charge in [-0.05, 0) is 22.4 Å². The molecule has 0 unspecified atom stereocenters. The van der Waals surface area contributed by atoms with Gasteiger partial charge in [0.2, 0.25) is 11.8 Å². The molecular formula is C24H26N2O5. The first kappa shape index (κ1) is 22.0. The minimum absolute atomic E-state index is 0.112. The molecule has 162 valence electrons. The van der Waals surface area contributed by atoms with E-state index in [4.69, 9.17) is 14.2 Å². The summed E-state index contributed by atoms with van der Waals surface area (Å²) < 4.78 is 15.9. The molecule has 0 saturated heterocycles. The van der Waals surface area contributed by atoms with Gasteiger partial charge in [0.1, 0.15) is 5.75 Å². The summed E-state index contributed by atoms with van der Waals surface area (Å²) in [7, 11) is 4.62. The SMILES string of the molecule is COc1cc(OC)c(OC)cc1CNC(=O)CNC(=O)Cc1cccc2ccccc12. The highest BCUT2D eigenvalue weighted by atomic mass is 16.5. The van der Waals surface area contributed by atoms with Crippen LogP contribution in [0.2, 0.25) is 0 Å². The number of carbonyl (C=O) groups excluding carboxylic acids is 2. The van der Waals surface area contributed by atoms with Crippen LogP contribution in [0.1, 0.15) is 11.1 Å². The van der Waals surface area contributed by atoms with Gasteiger partial charge < -0.3 is 24.8 Å². The molecule has 3 rings (SSSR count). The molecule has 3 aromatic rings. The molecule has 0 spiro atoms. The second kappa shape index (κ2) is 10.3. The van der Waals surface area contributed by atoms with Crippen LogP contribution in [0.4, 0.5) is 0 Å². The summed E-state index contributed by atoms with van der Waals surface area (Å²) in [6, 6.07) is 17.2. The summed E-state index contributed by atoms with van der Waals surface area (Å²) in [5.41, 5.74) is 1.65. The number of ether oxygens (including phenoxy) is 3. The number of nitrogens with one attached hydrogen (secondary N) is 2. The van der Waals surface area contributed by atoms with E-state index in [0.29, 0.717) is 17.2 Å². The van der Waals surface area contributed by atoms with Crippen LogP contribution < -0.4 is 24.8 Å². The molecule has 0 heterocycles. The van der Waals surface area contributed by atoms with Gasteiger partial charge in [0, 0.05) is 18.2 Å². The number of hydrogen-bond acceptors (Lipinski definition) is 5. The molecule has 0 aliphatic heterocycles.